The Bertz CT molecular complexity index is 840. The fourth-order valence-corrected chi connectivity index (χ4v) is 4.98. The molecule has 0 aliphatic heterocycles. The molecule has 0 heterocycles. The number of carbonyl (C=O) groups is 2. The van der Waals surface area contributed by atoms with Crippen molar-refractivity contribution < 1.29 is 9.59 Å². The van der Waals surface area contributed by atoms with Crippen LogP contribution in [0.5, 0.6) is 0 Å². The lowest BCUT2D eigenvalue weighted by molar-refractivity contribution is -0.139. The predicted molar refractivity (Wildman–Crippen MR) is 126 cm³/mol. The summed E-state index contributed by atoms with van der Waals surface area (Å²) in [5.41, 5.74) is 1.000. The Morgan fingerprint density at radius 3 is 2.53 bits per heavy atom. The van der Waals surface area contributed by atoms with E-state index in [4.69, 9.17) is 0 Å². The second-order valence-electron chi connectivity index (χ2n) is 7.77. The molecule has 2 aromatic carbocycles. The maximum Gasteiger partial charge on any atom is 0.242 e. The number of nitrogens with zero attached hydrogens (tertiary/aromatic N) is 1. The van der Waals surface area contributed by atoms with E-state index in [1.165, 1.54) is 18.2 Å². The lowest BCUT2D eigenvalue weighted by Gasteiger charge is -2.31. The molecule has 1 N–H and O–H groups in total. The van der Waals surface area contributed by atoms with Gasteiger partial charge in [-0.3, -0.25) is 9.59 Å². The molecule has 0 spiro atoms. The Hall–Kier alpha value is -1.79. The van der Waals surface area contributed by atoms with Crippen molar-refractivity contribution in [1.29, 1.82) is 0 Å². The maximum atomic E-state index is 13.2. The van der Waals surface area contributed by atoms with Crippen molar-refractivity contribution >= 4 is 39.5 Å². The normalized spacial score (nSPS) is 15.4. The molecule has 1 unspecified atom stereocenters. The third-order valence-electron chi connectivity index (χ3n) is 5.47. The summed E-state index contributed by atoms with van der Waals surface area (Å²) in [6.45, 7) is 2.24. The fourth-order valence-electron chi connectivity index (χ4n) is 3.73. The van der Waals surface area contributed by atoms with Crippen LogP contribution in [0.4, 0.5) is 0 Å². The van der Waals surface area contributed by atoms with Crippen molar-refractivity contribution in [3.63, 3.8) is 0 Å². The highest BCUT2D eigenvalue weighted by Crippen LogP contribution is 2.21. The summed E-state index contributed by atoms with van der Waals surface area (Å²) in [5.74, 6) is 0.212. The highest BCUT2D eigenvalue weighted by molar-refractivity contribution is 9.10. The van der Waals surface area contributed by atoms with Gasteiger partial charge in [0.15, 0.2) is 0 Å². The molecule has 4 nitrogen and oxygen atoms in total. The van der Waals surface area contributed by atoms with Crippen molar-refractivity contribution in [2.45, 2.75) is 62.6 Å². The van der Waals surface area contributed by atoms with Crippen LogP contribution < -0.4 is 5.32 Å². The van der Waals surface area contributed by atoms with Gasteiger partial charge in [-0.2, -0.15) is 0 Å². The van der Waals surface area contributed by atoms with Gasteiger partial charge >= 0.3 is 0 Å². The third kappa shape index (κ3) is 6.88. The van der Waals surface area contributed by atoms with Gasteiger partial charge in [0.05, 0.1) is 5.75 Å². The average molecular weight is 489 g/mol. The minimum Gasteiger partial charge on any atom is -0.352 e. The summed E-state index contributed by atoms with van der Waals surface area (Å²) in [6, 6.07) is 17.5. The molecule has 1 atom stereocenters. The first kappa shape index (κ1) is 22.9. The molecule has 1 aliphatic carbocycles. The monoisotopic (exact) mass is 488 g/mol. The first-order chi connectivity index (χ1) is 14.5. The smallest absolute Gasteiger partial charge is 0.242 e. The molecule has 1 saturated carbocycles. The fraction of sp³-hybridized carbons (Fsp3) is 0.417. The van der Waals surface area contributed by atoms with Crippen LogP contribution in [0, 0.1) is 0 Å². The summed E-state index contributed by atoms with van der Waals surface area (Å²) < 4.78 is 0.963. The zero-order valence-corrected chi connectivity index (χ0v) is 19.8. The summed E-state index contributed by atoms with van der Waals surface area (Å²) in [6.07, 6.45) is 5.62. The lowest BCUT2D eigenvalue weighted by atomic mass is 9.95. The largest absolute Gasteiger partial charge is 0.352 e. The van der Waals surface area contributed by atoms with Gasteiger partial charge in [0.1, 0.15) is 6.04 Å². The van der Waals surface area contributed by atoms with Crippen molar-refractivity contribution in [1.82, 2.24) is 10.2 Å². The predicted octanol–water partition coefficient (Wildman–Crippen LogP) is 5.41. The SMILES string of the molecule is CC(C(=O)NC1CCCCC1)N(Cc1cccc(Br)c1)C(=O)CSc1ccccc1. The van der Waals surface area contributed by atoms with Crippen LogP contribution in [0.25, 0.3) is 0 Å². The van der Waals surface area contributed by atoms with Gasteiger partial charge in [-0.15, -0.1) is 11.8 Å². The van der Waals surface area contributed by atoms with E-state index in [1.807, 2.05) is 61.5 Å². The molecule has 1 aliphatic rings. The summed E-state index contributed by atoms with van der Waals surface area (Å²) in [4.78, 5) is 28.9. The van der Waals surface area contributed by atoms with E-state index >= 15 is 0 Å². The molecule has 3 rings (SSSR count). The van der Waals surface area contributed by atoms with Crippen LogP contribution in [0.2, 0.25) is 0 Å². The molecule has 0 aromatic heterocycles. The van der Waals surface area contributed by atoms with Gasteiger partial charge in [-0.05, 0) is 49.6 Å². The number of thioether (sulfide) groups is 1. The molecule has 0 radical (unpaired) electrons. The quantitative estimate of drug-likeness (QED) is 0.505. The summed E-state index contributed by atoms with van der Waals surface area (Å²) in [5, 5.41) is 3.18. The molecule has 2 aromatic rings. The van der Waals surface area contributed by atoms with E-state index in [-0.39, 0.29) is 17.9 Å². The maximum absolute atomic E-state index is 13.2. The van der Waals surface area contributed by atoms with E-state index in [1.54, 1.807) is 4.90 Å². The Labute approximate surface area is 191 Å². The van der Waals surface area contributed by atoms with E-state index < -0.39 is 6.04 Å². The molecule has 30 heavy (non-hydrogen) atoms. The van der Waals surface area contributed by atoms with Crippen LogP contribution in [-0.4, -0.2) is 34.6 Å². The van der Waals surface area contributed by atoms with E-state index in [0.717, 1.165) is 40.6 Å². The van der Waals surface area contributed by atoms with Gasteiger partial charge in [0.25, 0.3) is 0 Å². The van der Waals surface area contributed by atoms with Gasteiger partial charge in [-0.1, -0.05) is 65.5 Å². The van der Waals surface area contributed by atoms with E-state index in [9.17, 15) is 9.59 Å². The molecule has 0 saturated heterocycles. The highest BCUT2D eigenvalue weighted by Gasteiger charge is 2.28. The number of halogens is 1. The van der Waals surface area contributed by atoms with Crippen LogP contribution in [0.15, 0.2) is 64.0 Å². The minimum atomic E-state index is -0.519. The number of amides is 2. The molecule has 160 valence electrons. The molecule has 6 heteroatoms. The van der Waals surface area contributed by atoms with Crippen LogP contribution in [-0.2, 0) is 16.1 Å². The zero-order valence-electron chi connectivity index (χ0n) is 17.4. The van der Waals surface area contributed by atoms with Crippen molar-refractivity contribution in [2.24, 2.45) is 0 Å². The Kier molecular flexibility index (Phi) is 8.82. The number of hydrogen-bond acceptors (Lipinski definition) is 3. The van der Waals surface area contributed by atoms with E-state index in [2.05, 4.69) is 21.2 Å². The highest BCUT2D eigenvalue weighted by atomic mass is 79.9. The molecular formula is C24H29BrN2O2S. The lowest BCUT2D eigenvalue weighted by Crippen LogP contribution is -2.50. The van der Waals surface area contributed by atoms with Crippen molar-refractivity contribution in [2.75, 3.05) is 5.75 Å². The van der Waals surface area contributed by atoms with E-state index in [0.29, 0.717) is 12.3 Å². The minimum absolute atomic E-state index is 0.0323. The Morgan fingerprint density at radius 2 is 1.83 bits per heavy atom. The number of rotatable bonds is 8. The van der Waals surface area contributed by atoms with Gasteiger partial charge in [0, 0.05) is 22.0 Å². The Morgan fingerprint density at radius 1 is 1.10 bits per heavy atom. The number of carbonyl (C=O) groups excluding carboxylic acids is 2. The van der Waals surface area contributed by atoms with Crippen molar-refractivity contribution in [3.05, 3.63) is 64.6 Å². The van der Waals surface area contributed by atoms with Gasteiger partial charge in [0.2, 0.25) is 11.8 Å². The zero-order chi connectivity index (χ0) is 21.3. The topological polar surface area (TPSA) is 49.4 Å². The Balaban J connectivity index is 1.69. The molecule has 2 amide bonds. The second-order valence-corrected chi connectivity index (χ2v) is 9.74. The van der Waals surface area contributed by atoms with Crippen LogP contribution >= 0.6 is 27.7 Å². The summed E-state index contributed by atoms with van der Waals surface area (Å²) in [7, 11) is 0. The standard InChI is InChI=1S/C24H29BrN2O2S/c1-18(24(29)26-21-11-4-2-5-12-21)27(16-19-9-8-10-20(25)15-19)23(28)17-30-22-13-6-3-7-14-22/h3,6-10,13-15,18,21H,2,4-5,11-12,16-17H2,1H3,(H,26,29). The molecule has 0 bridgehead atoms. The number of hydrogen-bond donors (Lipinski definition) is 1. The average Bonchev–Trinajstić information content (AvgIpc) is 2.77. The first-order valence-corrected chi connectivity index (χ1v) is 12.3. The molecular weight excluding hydrogens is 460 g/mol. The molecule has 1 fully saturated rings. The summed E-state index contributed by atoms with van der Waals surface area (Å²) >= 11 is 5.00. The van der Waals surface area contributed by atoms with Crippen LogP contribution in [0.1, 0.15) is 44.6 Å². The van der Waals surface area contributed by atoms with Crippen molar-refractivity contribution in [3.8, 4) is 0 Å². The number of benzene rings is 2. The van der Waals surface area contributed by atoms with Crippen LogP contribution in [0.3, 0.4) is 0 Å². The van der Waals surface area contributed by atoms with Gasteiger partial charge < -0.3 is 10.2 Å². The number of nitrogens with one attached hydrogen (secondary N) is 1. The second kappa shape index (κ2) is 11.6. The first-order valence-electron chi connectivity index (χ1n) is 10.5. The third-order valence-corrected chi connectivity index (χ3v) is 6.96. The van der Waals surface area contributed by atoms with Gasteiger partial charge in [-0.25, -0.2) is 0 Å².